The number of nitrogens with zero attached hydrogens (tertiary/aromatic N) is 4. The lowest BCUT2D eigenvalue weighted by molar-refractivity contribution is 0.262. The molecule has 2 aromatic carbocycles. The number of hydrogen-bond donors (Lipinski definition) is 3. The first-order valence-corrected chi connectivity index (χ1v) is 9.52. The maximum absolute atomic E-state index is 13.6. The number of rotatable bonds is 5. The fourth-order valence-electron chi connectivity index (χ4n) is 2.98. The van der Waals surface area contributed by atoms with Gasteiger partial charge >= 0.3 is 6.03 Å². The molecule has 0 bridgehead atoms. The molecule has 0 aliphatic carbocycles. The van der Waals surface area contributed by atoms with Crippen molar-refractivity contribution in [2.45, 2.75) is 13.8 Å². The lowest BCUT2D eigenvalue weighted by atomic mass is 10.2. The molecule has 2 aromatic heterocycles. The summed E-state index contributed by atoms with van der Waals surface area (Å²) < 4.78 is 15.5. The van der Waals surface area contributed by atoms with Crippen LogP contribution in [0.3, 0.4) is 0 Å². The third kappa shape index (κ3) is 4.67. The van der Waals surface area contributed by atoms with Gasteiger partial charge in [0.15, 0.2) is 0 Å². The average molecular weight is 417 g/mol. The van der Waals surface area contributed by atoms with E-state index in [9.17, 15) is 9.18 Å². The molecule has 9 heteroatoms. The van der Waals surface area contributed by atoms with Gasteiger partial charge in [-0.1, -0.05) is 6.07 Å². The monoisotopic (exact) mass is 417 g/mol. The molecule has 8 nitrogen and oxygen atoms in total. The summed E-state index contributed by atoms with van der Waals surface area (Å²) in [7, 11) is 0. The summed E-state index contributed by atoms with van der Waals surface area (Å²) in [6.07, 6.45) is 5.02. The zero-order chi connectivity index (χ0) is 21.8. The Morgan fingerprint density at radius 1 is 0.968 bits per heavy atom. The van der Waals surface area contributed by atoms with Crippen LogP contribution < -0.4 is 16.0 Å². The van der Waals surface area contributed by atoms with Crippen molar-refractivity contribution in [3.8, 4) is 5.82 Å². The summed E-state index contributed by atoms with van der Waals surface area (Å²) in [6, 6.07) is 13.0. The summed E-state index contributed by atoms with van der Waals surface area (Å²) in [6.45, 7) is 3.50. The zero-order valence-electron chi connectivity index (χ0n) is 16.9. The number of aryl methyl sites for hydroxylation is 1. The van der Waals surface area contributed by atoms with E-state index in [1.165, 1.54) is 12.4 Å². The number of anilines is 4. The van der Waals surface area contributed by atoms with Gasteiger partial charge < -0.3 is 16.0 Å². The van der Waals surface area contributed by atoms with Crippen LogP contribution in [0.15, 0.2) is 67.3 Å². The van der Waals surface area contributed by atoms with Crippen molar-refractivity contribution < 1.29 is 9.18 Å². The van der Waals surface area contributed by atoms with E-state index >= 15 is 0 Å². The second kappa shape index (κ2) is 8.62. The maximum atomic E-state index is 13.6. The molecule has 0 unspecified atom stereocenters. The molecule has 0 spiro atoms. The Morgan fingerprint density at radius 2 is 1.74 bits per heavy atom. The zero-order valence-corrected chi connectivity index (χ0v) is 16.9. The van der Waals surface area contributed by atoms with E-state index in [-0.39, 0.29) is 5.82 Å². The van der Waals surface area contributed by atoms with Crippen LogP contribution in [0.1, 0.15) is 11.4 Å². The van der Waals surface area contributed by atoms with Gasteiger partial charge in [-0.15, -0.1) is 0 Å². The van der Waals surface area contributed by atoms with Gasteiger partial charge in [0, 0.05) is 41.1 Å². The minimum absolute atomic E-state index is 0.371. The molecule has 3 N–H and O–H groups in total. The second-order valence-electron chi connectivity index (χ2n) is 6.80. The van der Waals surface area contributed by atoms with E-state index in [1.807, 2.05) is 35.9 Å². The van der Waals surface area contributed by atoms with Crippen molar-refractivity contribution in [1.82, 2.24) is 19.5 Å². The Hall–Kier alpha value is -4.27. The molecule has 0 saturated carbocycles. The van der Waals surface area contributed by atoms with Crippen LogP contribution in [0.4, 0.5) is 32.1 Å². The van der Waals surface area contributed by atoms with Crippen molar-refractivity contribution in [2.75, 3.05) is 16.0 Å². The number of aromatic nitrogens is 4. The molecule has 2 heterocycles. The normalized spacial score (nSPS) is 10.5. The lowest BCUT2D eigenvalue weighted by Crippen LogP contribution is -2.20. The number of amides is 2. The number of halogens is 1. The Morgan fingerprint density at radius 3 is 2.48 bits per heavy atom. The largest absolute Gasteiger partial charge is 0.340 e. The van der Waals surface area contributed by atoms with Crippen LogP contribution >= 0.6 is 0 Å². The van der Waals surface area contributed by atoms with Gasteiger partial charge in [0.05, 0.1) is 0 Å². The average Bonchev–Trinajstić information content (AvgIpc) is 3.19. The van der Waals surface area contributed by atoms with Crippen molar-refractivity contribution in [3.05, 3.63) is 84.5 Å². The van der Waals surface area contributed by atoms with Crippen molar-refractivity contribution in [2.24, 2.45) is 0 Å². The first kappa shape index (κ1) is 20.0. The highest BCUT2D eigenvalue weighted by molar-refractivity contribution is 6.00. The van der Waals surface area contributed by atoms with Gasteiger partial charge in [0.25, 0.3) is 0 Å². The van der Waals surface area contributed by atoms with E-state index in [2.05, 4.69) is 30.9 Å². The predicted molar refractivity (Wildman–Crippen MR) is 117 cm³/mol. The van der Waals surface area contributed by atoms with Crippen LogP contribution in [0, 0.1) is 19.7 Å². The molecule has 0 saturated heterocycles. The molecule has 2 amide bonds. The van der Waals surface area contributed by atoms with E-state index in [0.29, 0.717) is 28.6 Å². The van der Waals surface area contributed by atoms with Crippen molar-refractivity contribution in [1.29, 1.82) is 0 Å². The Labute approximate surface area is 178 Å². The van der Waals surface area contributed by atoms with Gasteiger partial charge in [-0.25, -0.2) is 24.1 Å². The van der Waals surface area contributed by atoms with Crippen molar-refractivity contribution in [3.63, 3.8) is 0 Å². The van der Waals surface area contributed by atoms with Crippen molar-refractivity contribution >= 4 is 28.9 Å². The highest BCUT2D eigenvalue weighted by Crippen LogP contribution is 2.20. The van der Waals surface area contributed by atoms with Gasteiger partial charge in [-0.05, 0) is 50.2 Å². The fourth-order valence-corrected chi connectivity index (χ4v) is 2.98. The minimum Gasteiger partial charge on any atom is -0.340 e. The third-order valence-electron chi connectivity index (χ3n) is 4.66. The first-order valence-electron chi connectivity index (χ1n) is 9.52. The Kier molecular flexibility index (Phi) is 5.57. The van der Waals surface area contributed by atoms with E-state index in [0.717, 1.165) is 11.5 Å². The summed E-state index contributed by atoms with van der Waals surface area (Å²) in [4.78, 5) is 24.9. The highest BCUT2D eigenvalue weighted by Gasteiger charge is 2.08. The third-order valence-corrected chi connectivity index (χ3v) is 4.66. The molecule has 31 heavy (non-hydrogen) atoms. The molecule has 0 radical (unpaired) electrons. The van der Waals surface area contributed by atoms with Gasteiger partial charge in [0.2, 0.25) is 0 Å². The summed E-state index contributed by atoms with van der Waals surface area (Å²) in [5, 5.41) is 8.58. The number of urea groups is 1. The molecule has 0 fully saturated rings. The van der Waals surface area contributed by atoms with Crippen LogP contribution in [0.5, 0.6) is 0 Å². The molecule has 4 aromatic rings. The van der Waals surface area contributed by atoms with E-state index in [1.54, 1.807) is 37.4 Å². The SMILES string of the molecule is Cc1c(F)cccc1NC(=O)Nc1ccc(Nc2cc(-n3ccnc3C)ncn2)cc1. The topological polar surface area (TPSA) is 96.8 Å². The molecular weight excluding hydrogens is 397 g/mol. The molecule has 0 atom stereocenters. The number of nitrogens with one attached hydrogen (secondary N) is 3. The maximum Gasteiger partial charge on any atom is 0.323 e. The van der Waals surface area contributed by atoms with Crippen LogP contribution in [0.2, 0.25) is 0 Å². The number of carbonyl (C=O) groups is 1. The van der Waals surface area contributed by atoms with Gasteiger partial charge in [0.1, 0.15) is 29.6 Å². The minimum atomic E-state index is -0.453. The quantitative estimate of drug-likeness (QED) is 0.433. The molecule has 4 rings (SSSR count). The van der Waals surface area contributed by atoms with Crippen LogP contribution in [0.25, 0.3) is 5.82 Å². The van der Waals surface area contributed by atoms with Gasteiger partial charge in [-0.2, -0.15) is 0 Å². The summed E-state index contributed by atoms with van der Waals surface area (Å²) in [5.41, 5.74) is 2.18. The molecule has 0 aliphatic heterocycles. The number of carbonyl (C=O) groups excluding carboxylic acids is 1. The number of imidazole rings is 1. The second-order valence-corrected chi connectivity index (χ2v) is 6.80. The Balaban J connectivity index is 1.40. The van der Waals surface area contributed by atoms with Crippen LogP contribution in [-0.2, 0) is 0 Å². The van der Waals surface area contributed by atoms with Crippen LogP contribution in [-0.4, -0.2) is 25.6 Å². The lowest BCUT2D eigenvalue weighted by Gasteiger charge is -2.11. The van der Waals surface area contributed by atoms with E-state index in [4.69, 9.17) is 0 Å². The molecule has 156 valence electrons. The Bertz CT molecular complexity index is 1220. The summed E-state index contributed by atoms with van der Waals surface area (Å²) in [5.74, 6) is 1.78. The van der Waals surface area contributed by atoms with Gasteiger partial charge in [-0.3, -0.25) is 4.57 Å². The number of benzene rings is 2. The molecule has 0 aliphatic rings. The van der Waals surface area contributed by atoms with E-state index < -0.39 is 6.03 Å². The first-order chi connectivity index (χ1) is 15.0. The molecular formula is C22H20FN7O. The summed E-state index contributed by atoms with van der Waals surface area (Å²) >= 11 is 0. The standard InChI is InChI=1S/C22H20FN7O/c1-14-18(23)4-3-5-19(14)29-22(31)28-17-8-6-16(7-9-17)27-20-12-21(26-13-25-20)30-11-10-24-15(30)2/h3-13H,1-2H3,(H,25,26,27)(H2,28,29,31). The highest BCUT2D eigenvalue weighted by atomic mass is 19.1. The number of hydrogen-bond acceptors (Lipinski definition) is 5. The fraction of sp³-hybridized carbons (Fsp3) is 0.0909. The predicted octanol–water partition coefficient (Wildman–Crippen LogP) is 4.81. The smallest absolute Gasteiger partial charge is 0.323 e.